The first-order valence-electron chi connectivity index (χ1n) is 9.96. The smallest absolute Gasteiger partial charge is 0.241 e. The van der Waals surface area contributed by atoms with Gasteiger partial charge in [-0.25, -0.2) is 0 Å². The van der Waals surface area contributed by atoms with Crippen molar-refractivity contribution >= 4 is 5.91 Å². The van der Waals surface area contributed by atoms with Gasteiger partial charge >= 0.3 is 0 Å². The molecule has 3 atom stereocenters. The topological polar surface area (TPSA) is 67.6 Å². The minimum atomic E-state index is -0.648. The van der Waals surface area contributed by atoms with Gasteiger partial charge in [0.1, 0.15) is 6.04 Å². The van der Waals surface area contributed by atoms with Crippen LogP contribution in [0.25, 0.3) is 0 Å². The molecule has 28 heavy (non-hydrogen) atoms. The highest BCUT2D eigenvalue weighted by Crippen LogP contribution is 2.15. The number of benzene rings is 2. The molecule has 1 saturated heterocycles. The normalized spacial score (nSPS) is 21.3. The Labute approximate surface area is 167 Å². The number of morpholine rings is 1. The molecule has 3 rings (SSSR count). The van der Waals surface area contributed by atoms with Crippen LogP contribution in [0.3, 0.4) is 0 Å². The number of amides is 1. The summed E-state index contributed by atoms with van der Waals surface area (Å²) in [6.45, 7) is 9.57. The Hall–Kier alpha value is -2.21. The molecule has 5 nitrogen and oxygen atoms in total. The van der Waals surface area contributed by atoms with Gasteiger partial charge in [0, 0.05) is 26.2 Å². The molecule has 1 aliphatic heterocycles. The molecular weight excluding hydrogens is 350 g/mol. The molecule has 1 amide bonds. The highest BCUT2D eigenvalue weighted by atomic mass is 16.5. The highest BCUT2D eigenvalue weighted by Gasteiger charge is 2.22. The molecule has 3 unspecified atom stereocenters. The lowest BCUT2D eigenvalue weighted by Gasteiger charge is -2.35. The molecule has 5 heteroatoms. The standard InChI is InChI=1S/C23H31N3O2/c1-16-4-10-21(11-5-16)22(24)23(27)25-12-19-6-8-20(9-7-19)15-26-13-17(2)28-18(3)14-26/h4-11,17-18,22H,12-15,24H2,1-3H3,(H,25,27). The molecule has 2 aromatic carbocycles. The molecule has 0 aliphatic carbocycles. The molecule has 150 valence electrons. The van der Waals surface area contributed by atoms with Crippen molar-refractivity contribution in [3.8, 4) is 0 Å². The van der Waals surface area contributed by atoms with Gasteiger partial charge in [-0.05, 0) is 37.5 Å². The van der Waals surface area contributed by atoms with Crippen molar-refractivity contribution in [2.24, 2.45) is 5.73 Å². The second-order valence-electron chi connectivity index (χ2n) is 7.87. The van der Waals surface area contributed by atoms with Gasteiger partial charge < -0.3 is 15.8 Å². The SMILES string of the molecule is Cc1ccc(C(N)C(=O)NCc2ccc(CN3CC(C)OC(C)C3)cc2)cc1. The fraction of sp³-hybridized carbons (Fsp3) is 0.435. The summed E-state index contributed by atoms with van der Waals surface area (Å²) in [7, 11) is 0. The average molecular weight is 382 g/mol. The monoisotopic (exact) mass is 381 g/mol. The van der Waals surface area contributed by atoms with E-state index >= 15 is 0 Å². The molecule has 0 aromatic heterocycles. The Bertz CT molecular complexity index is 763. The molecule has 0 radical (unpaired) electrons. The van der Waals surface area contributed by atoms with Gasteiger partial charge in [-0.2, -0.15) is 0 Å². The Morgan fingerprint density at radius 3 is 2.25 bits per heavy atom. The van der Waals surface area contributed by atoms with E-state index in [0.29, 0.717) is 6.54 Å². The summed E-state index contributed by atoms with van der Waals surface area (Å²) >= 11 is 0. The van der Waals surface area contributed by atoms with E-state index in [9.17, 15) is 4.79 Å². The molecule has 1 fully saturated rings. The third kappa shape index (κ3) is 5.64. The number of hydrogen-bond donors (Lipinski definition) is 2. The van der Waals surface area contributed by atoms with E-state index in [1.54, 1.807) is 0 Å². The number of rotatable bonds is 6. The van der Waals surface area contributed by atoms with Crippen LogP contribution in [0, 0.1) is 6.92 Å². The minimum absolute atomic E-state index is 0.163. The summed E-state index contributed by atoms with van der Waals surface area (Å²) in [4.78, 5) is 14.8. The van der Waals surface area contributed by atoms with Crippen LogP contribution < -0.4 is 11.1 Å². The largest absolute Gasteiger partial charge is 0.373 e. The van der Waals surface area contributed by atoms with Crippen LogP contribution in [0.15, 0.2) is 48.5 Å². The number of aryl methyl sites for hydroxylation is 1. The van der Waals surface area contributed by atoms with E-state index in [4.69, 9.17) is 10.5 Å². The van der Waals surface area contributed by atoms with Gasteiger partial charge in [0.15, 0.2) is 0 Å². The van der Waals surface area contributed by atoms with Crippen LogP contribution in [-0.4, -0.2) is 36.1 Å². The summed E-state index contributed by atoms with van der Waals surface area (Å²) in [5, 5.41) is 2.93. The summed E-state index contributed by atoms with van der Waals surface area (Å²) < 4.78 is 5.79. The summed E-state index contributed by atoms with van der Waals surface area (Å²) in [6, 6.07) is 15.5. The fourth-order valence-corrected chi connectivity index (χ4v) is 3.66. The average Bonchev–Trinajstić information content (AvgIpc) is 2.66. The number of nitrogens with zero attached hydrogens (tertiary/aromatic N) is 1. The lowest BCUT2D eigenvalue weighted by Crippen LogP contribution is -2.44. The second-order valence-corrected chi connectivity index (χ2v) is 7.87. The van der Waals surface area contributed by atoms with E-state index in [2.05, 4.69) is 48.3 Å². The number of hydrogen-bond acceptors (Lipinski definition) is 4. The first-order chi connectivity index (χ1) is 13.4. The molecule has 1 aliphatic rings. The lowest BCUT2D eigenvalue weighted by atomic mass is 10.1. The minimum Gasteiger partial charge on any atom is -0.373 e. The van der Waals surface area contributed by atoms with Crippen molar-refractivity contribution in [2.75, 3.05) is 13.1 Å². The van der Waals surface area contributed by atoms with E-state index in [1.807, 2.05) is 31.2 Å². The molecule has 1 heterocycles. The van der Waals surface area contributed by atoms with Gasteiger partial charge in [-0.3, -0.25) is 9.69 Å². The van der Waals surface area contributed by atoms with Crippen molar-refractivity contribution in [3.05, 3.63) is 70.8 Å². The van der Waals surface area contributed by atoms with E-state index in [0.717, 1.165) is 36.3 Å². The zero-order valence-corrected chi connectivity index (χ0v) is 17.0. The third-order valence-corrected chi connectivity index (χ3v) is 5.11. The second kappa shape index (κ2) is 9.32. The quantitative estimate of drug-likeness (QED) is 0.807. The molecule has 3 N–H and O–H groups in total. The Morgan fingerprint density at radius 2 is 1.64 bits per heavy atom. The van der Waals surface area contributed by atoms with Crippen molar-refractivity contribution < 1.29 is 9.53 Å². The van der Waals surface area contributed by atoms with Gasteiger partial charge in [0.25, 0.3) is 0 Å². The van der Waals surface area contributed by atoms with E-state index in [1.165, 1.54) is 5.56 Å². The van der Waals surface area contributed by atoms with Crippen LogP contribution in [-0.2, 0) is 22.6 Å². The summed E-state index contributed by atoms with van der Waals surface area (Å²) in [6.07, 6.45) is 0.548. The number of nitrogens with two attached hydrogens (primary N) is 1. The molecule has 0 spiro atoms. The predicted octanol–water partition coefficient (Wildman–Crippen LogP) is 2.92. The van der Waals surface area contributed by atoms with E-state index < -0.39 is 6.04 Å². The maximum absolute atomic E-state index is 12.3. The fourth-order valence-electron chi connectivity index (χ4n) is 3.66. The number of carbonyl (C=O) groups is 1. The zero-order chi connectivity index (χ0) is 20.1. The Balaban J connectivity index is 1.50. The van der Waals surface area contributed by atoms with Crippen molar-refractivity contribution in [1.82, 2.24) is 10.2 Å². The Morgan fingerprint density at radius 1 is 1.07 bits per heavy atom. The number of carbonyl (C=O) groups excluding carboxylic acids is 1. The highest BCUT2D eigenvalue weighted by molar-refractivity contribution is 5.82. The molecule has 0 saturated carbocycles. The zero-order valence-electron chi connectivity index (χ0n) is 17.0. The molecule has 2 aromatic rings. The third-order valence-electron chi connectivity index (χ3n) is 5.11. The van der Waals surface area contributed by atoms with Crippen LogP contribution in [0.1, 0.15) is 42.1 Å². The number of nitrogens with one attached hydrogen (secondary N) is 1. The van der Waals surface area contributed by atoms with Crippen LogP contribution in [0.2, 0.25) is 0 Å². The van der Waals surface area contributed by atoms with Crippen LogP contribution in [0.4, 0.5) is 0 Å². The van der Waals surface area contributed by atoms with Crippen LogP contribution >= 0.6 is 0 Å². The van der Waals surface area contributed by atoms with Crippen molar-refractivity contribution in [2.45, 2.75) is 52.1 Å². The van der Waals surface area contributed by atoms with Crippen LogP contribution in [0.5, 0.6) is 0 Å². The van der Waals surface area contributed by atoms with Gasteiger partial charge in [0.05, 0.1) is 12.2 Å². The maximum atomic E-state index is 12.3. The van der Waals surface area contributed by atoms with Gasteiger partial charge in [-0.1, -0.05) is 54.1 Å². The number of ether oxygens (including phenoxy) is 1. The first-order valence-corrected chi connectivity index (χ1v) is 9.96. The predicted molar refractivity (Wildman–Crippen MR) is 112 cm³/mol. The summed E-state index contributed by atoms with van der Waals surface area (Å²) in [5.74, 6) is -0.163. The first kappa shape index (κ1) is 20.5. The maximum Gasteiger partial charge on any atom is 0.241 e. The summed E-state index contributed by atoms with van der Waals surface area (Å²) in [5.41, 5.74) is 10.4. The molecule has 0 bridgehead atoms. The van der Waals surface area contributed by atoms with Crippen molar-refractivity contribution in [3.63, 3.8) is 0 Å². The van der Waals surface area contributed by atoms with Crippen molar-refractivity contribution in [1.29, 1.82) is 0 Å². The van der Waals surface area contributed by atoms with Gasteiger partial charge in [0.2, 0.25) is 5.91 Å². The Kier molecular flexibility index (Phi) is 6.83. The molecular formula is C23H31N3O2. The lowest BCUT2D eigenvalue weighted by molar-refractivity contribution is -0.122. The van der Waals surface area contributed by atoms with Gasteiger partial charge in [-0.15, -0.1) is 0 Å². The van der Waals surface area contributed by atoms with E-state index in [-0.39, 0.29) is 18.1 Å².